The lowest BCUT2D eigenvalue weighted by molar-refractivity contribution is 0.334. The molecular formula is C5H18O3Si3. The van der Waals surface area contributed by atoms with Crippen LogP contribution in [0.3, 0.4) is 0 Å². The van der Waals surface area contributed by atoms with Gasteiger partial charge in [-0.15, -0.1) is 0 Å². The molecule has 0 aliphatic carbocycles. The molecule has 0 aromatic carbocycles. The summed E-state index contributed by atoms with van der Waals surface area (Å²) >= 11 is 0. The Morgan fingerprint density at radius 3 is 1.91 bits per heavy atom. The van der Waals surface area contributed by atoms with Crippen LogP contribution in [0.5, 0.6) is 0 Å². The Labute approximate surface area is 73.2 Å². The van der Waals surface area contributed by atoms with Crippen molar-refractivity contribution in [3.63, 3.8) is 0 Å². The number of hydrogen-bond donors (Lipinski definition) is 1. The molecule has 0 saturated heterocycles. The molecule has 0 atom stereocenters. The van der Waals surface area contributed by atoms with Crippen molar-refractivity contribution in [2.75, 3.05) is 0 Å². The Hall–Kier alpha value is 0.531. The van der Waals surface area contributed by atoms with Crippen LogP contribution in [-0.2, 0) is 8.23 Å². The van der Waals surface area contributed by atoms with Gasteiger partial charge in [-0.1, -0.05) is 6.55 Å². The van der Waals surface area contributed by atoms with Gasteiger partial charge in [0, 0.05) is 0 Å². The summed E-state index contributed by atoms with van der Waals surface area (Å²) in [6, 6.07) is 0. The van der Waals surface area contributed by atoms with Gasteiger partial charge in [-0.3, -0.25) is 0 Å². The van der Waals surface area contributed by atoms with E-state index >= 15 is 0 Å². The number of hydrogen-bond acceptors (Lipinski definition) is 3. The van der Waals surface area contributed by atoms with Crippen molar-refractivity contribution in [3.8, 4) is 0 Å². The van der Waals surface area contributed by atoms with E-state index in [1.54, 1.807) is 13.1 Å². The smallest absolute Gasteiger partial charge is 0.320 e. The van der Waals surface area contributed by atoms with Crippen LogP contribution in [0.4, 0.5) is 0 Å². The molecule has 0 amide bonds. The SMILES string of the molecule is C[SiH2]O[Si](C)(C)O[Si](C)(C)O. The maximum absolute atomic E-state index is 9.47. The van der Waals surface area contributed by atoms with Crippen molar-refractivity contribution in [2.45, 2.75) is 32.7 Å². The molecule has 0 heterocycles. The average Bonchev–Trinajstić information content (AvgIpc) is 1.55. The molecule has 0 aliphatic rings. The van der Waals surface area contributed by atoms with E-state index in [9.17, 15) is 4.80 Å². The van der Waals surface area contributed by atoms with E-state index in [0.717, 1.165) is 0 Å². The first-order chi connectivity index (χ1) is 4.77. The predicted molar refractivity (Wildman–Crippen MR) is 53.8 cm³/mol. The quantitative estimate of drug-likeness (QED) is 0.689. The van der Waals surface area contributed by atoms with Crippen LogP contribution in [0.15, 0.2) is 0 Å². The molecule has 0 aliphatic heterocycles. The molecule has 1 N–H and O–H groups in total. The molecule has 68 valence electrons. The second kappa shape index (κ2) is 3.97. The van der Waals surface area contributed by atoms with Gasteiger partial charge >= 0.3 is 17.1 Å². The number of rotatable bonds is 4. The Kier molecular flexibility index (Phi) is 4.16. The molecular weight excluding hydrogens is 192 g/mol. The van der Waals surface area contributed by atoms with Gasteiger partial charge in [0.2, 0.25) is 0 Å². The highest BCUT2D eigenvalue weighted by atomic mass is 28.5. The van der Waals surface area contributed by atoms with E-state index in [4.69, 9.17) is 8.23 Å². The van der Waals surface area contributed by atoms with Crippen LogP contribution < -0.4 is 0 Å². The highest BCUT2D eigenvalue weighted by Crippen LogP contribution is 2.12. The third-order valence-electron chi connectivity index (χ3n) is 0.987. The maximum Gasteiger partial charge on any atom is 0.320 e. The first kappa shape index (κ1) is 11.5. The Bertz CT molecular complexity index is 121. The molecule has 0 aromatic rings. The molecule has 0 spiro atoms. The summed E-state index contributed by atoms with van der Waals surface area (Å²) in [7, 11) is -4.75. The zero-order chi connectivity index (χ0) is 9.12. The summed E-state index contributed by atoms with van der Waals surface area (Å²) in [6.07, 6.45) is 0. The van der Waals surface area contributed by atoms with Gasteiger partial charge in [0.1, 0.15) is 9.76 Å². The average molecular weight is 210 g/mol. The van der Waals surface area contributed by atoms with Crippen molar-refractivity contribution in [1.29, 1.82) is 0 Å². The Balaban J connectivity index is 3.91. The summed E-state index contributed by atoms with van der Waals surface area (Å²) in [5, 5.41) is 0. The van der Waals surface area contributed by atoms with E-state index < -0.39 is 26.9 Å². The van der Waals surface area contributed by atoms with Crippen molar-refractivity contribution < 1.29 is 13.0 Å². The Morgan fingerprint density at radius 1 is 1.18 bits per heavy atom. The first-order valence-corrected chi connectivity index (χ1v) is 11.5. The summed E-state index contributed by atoms with van der Waals surface area (Å²) in [5.74, 6) is 0. The molecule has 0 aromatic heterocycles. The molecule has 6 heteroatoms. The molecule has 3 nitrogen and oxygen atoms in total. The van der Waals surface area contributed by atoms with Gasteiger partial charge in [-0.2, -0.15) is 0 Å². The minimum atomic E-state index is -2.37. The molecule has 0 bridgehead atoms. The zero-order valence-electron chi connectivity index (χ0n) is 7.97. The van der Waals surface area contributed by atoms with Gasteiger partial charge in [0.15, 0.2) is 0 Å². The van der Waals surface area contributed by atoms with Crippen LogP contribution in [0.1, 0.15) is 0 Å². The zero-order valence-corrected chi connectivity index (χ0v) is 11.4. The van der Waals surface area contributed by atoms with Crippen LogP contribution in [0, 0.1) is 0 Å². The summed E-state index contributed by atoms with van der Waals surface area (Å²) < 4.78 is 11.0. The molecule has 11 heavy (non-hydrogen) atoms. The lowest BCUT2D eigenvalue weighted by Gasteiger charge is -2.28. The monoisotopic (exact) mass is 210 g/mol. The highest BCUT2D eigenvalue weighted by Gasteiger charge is 2.32. The standard InChI is InChI=1S/C5H18O3Si3/c1-9-7-11(4,5)8-10(2,3)6/h6H,9H2,1-5H3. The van der Waals surface area contributed by atoms with Crippen LogP contribution in [0.25, 0.3) is 0 Å². The maximum atomic E-state index is 9.47. The van der Waals surface area contributed by atoms with Crippen LogP contribution in [0.2, 0.25) is 32.7 Å². The van der Waals surface area contributed by atoms with E-state index in [1.165, 1.54) is 0 Å². The molecule has 0 rings (SSSR count). The molecule has 0 radical (unpaired) electrons. The molecule has 0 saturated carbocycles. The molecule has 0 unspecified atom stereocenters. The van der Waals surface area contributed by atoms with Crippen molar-refractivity contribution >= 4 is 26.9 Å². The topological polar surface area (TPSA) is 38.7 Å². The van der Waals surface area contributed by atoms with Gasteiger partial charge in [0.05, 0.1) is 0 Å². The summed E-state index contributed by atoms with van der Waals surface area (Å²) in [5.41, 5.74) is 0. The normalized spacial score (nSPS) is 14.7. The van der Waals surface area contributed by atoms with Crippen molar-refractivity contribution in [2.24, 2.45) is 0 Å². The lowest BCUT2D eigenvalue weighted by Crippen LogP contribution is -2.47. The third kappa shape index (κ3) is 6.91. The first-order valence-electron chi connectivity index (χ1n) is 3.83. The second-order valence-electron chi connectivity index (χ2n) is 3.38. The highest BCUT2D eigenvalue weighted by molar-refractivity contribution is 6.80. The Morgan fingerprint density at radius 2 is 1.64 bits per heavy atom. The lowest BCUT2D eigenvalue weighted by atomic mass is 11.9. The van der Waals surface area contributed by atoms with E-state index in [0.29, 0.717) is 0 Å². The minimum absolute atomic E-state index is 0.411. The van der Waals surface area contributed by atoms with E-state index in [2.05, 4.69) is 6.55 Å². The molecule has 0 fully saturated rings. The van der Waals surface area contributed by atoms with Gasteiger partial charge in [0.25, 0.3) is 0 Å². The summed E-state index contributed by atoms with van der Waals surface area (Å²) in [6.45, 7) is 9.57. The summed E-state index contributed by atoms with van der Waals surface area (Å²) in [4.78, 5) is 9.47. The second-order valence-corrected chi connectivity index (χ2v) is 11.6. The minimum Gasteiger partial charge on any atom is -0.442 e. The van der Waals surface area contributed by atoms with E-state index in [1.807, 2.05) is 13.1 Å². The fourth-order valence-corrected chi connectivity index (χ4v) is 9.34. The van der Waals surface area contributed by atoms with Gasteiger partial charge in [-0.05, 0) is 26.2 Å². The fraction of sp³-hybridized carbons (Fsp3) is 1.00. The van der Waals surface area contributed by atoms with Crippen LogP contribution in [-0.4, -0.2) is 31.7 Å². The largest absolute Gasteiger partial charge is 0.442 e. The van der Waals surface area contributed by atoms with Gasteiger partial charge < -0.3 is 13.0 Å². The van der Waals surface area contributed by atoms with E-state index in [-0.39, 0.29) is 0 Å². The van der Waals surface area contributed by atoms with Crippen molar-refractivity contribution in [1.82, 2.24) is 0 Å². The predicted octanol–water partition coefficient (Wildman–Crippen LogP) is 0.547. The van der Waals surface area contributed by atoms with Crippen molar-refractivity contribution in [3.05, 3.63) is 0 Å². The van der Waals surface area contributed by atoms with Gasteiger partial charge in [-0.25, -0.2) is 0 Å². The van der Waals surface area contributed by atoms with Crippen LogP contribution >= 0.6 is 0 Å². The third-order valence-corrected chi connectivity index (χ3v) is 8.89. The fourth-order valence-electron chi connectivity index (χ4n) is 0.979.